The van der Waals surface area contributed by atoms with E-state index in [1.807, 2.05) is 4.90 Å². The van der Waals surface area contributed by atoms with Crippen molar-refractivity contribution in [2.75, 3.05) is 13.1 Å². The van der Waals surface area contributed by atoms with Gasteiger partial charge in [-0.3, -0.25) is 9.48 Å². The lowest BCUT2D eigenvalue weighted by Gasteiger charge is -2.29. The molecule has 1 aliphatic heterocycles. The van der Waals surface area contributed by atoms with Crippen molar-refractivity contribution < 1.29 is 4.79 Å². The summed E-state index contributed by atoms with van der Waals surface area (Å²) in [5.74, 6) is 0.0542. The molecule has 1 amide bonds. The van der Waals surface area contributed by atoms with Crippen LogP contribution in [0.3, 0.4) is 0 Å². The monoisotopic (exact) mass is 227 g/mol. The van der Waals surface area contributed by atoms with Gasteiger partial charge in [0, 0.05) is 31.7 Å². The van der Waals surface area contributed by atoms with Crippen LogP contribution < -0.4 is 0 Å². The van der Waals surface area contributed by atoms with Gasteiger partial charge in [-0.2, -0.15) is 5.10 Å². The highest BCUT2D eigenvalue weighted by Gasteiger charge is 2.23. The predicted molar refractivity (Wildman–Crippen MR) is 58.0 cm³/mol. The van der Waals surface area contributed by atoms with Crippen molar-refractivity contribution in [2.24, 2.45) is 7.05 Å². The fourth-order valence-electron chi connectivity index (χ4n) is 1.80. The molecule has 0 radical (unpaired) electrons. The van der Waals surface area contributed by atoms with Crippen LogP contribution in [0, 0.1) is 0 Å². The molecule has 0 bridgehead atoms. The van der Waals surface area contributed by atoms with Gasteiger partial charge in [-0.25, -0.2) is 0 Å². The molecule has 1 aromatic heterocycles. The summed E-state index contributed by atoms with van der Waals surface area (Å²) in [6.07, 6.45) is 3.40. The van der Waals surface area contributed by atoms with Crippen LogP contribution in [0.15, 0.2) is 12.3 Å². The molecule has 2 rings (SSSR count). The number of piperidine rings is 1. The SMILES string of the molecule is Cn1nccc1C(=O)N1CCC(Cl)CC1. The van der Waals surface area contributed by atoms with Crippen LogP contribution in [-0.2, 0) is 7.05 Å². The van der Waals surface area contributed by atoms with Crippen molar-refractivity contribution >= 4 is 17.5 Å². The van der Waals surface area contributed by atoms with Gasteiger partial charge < -0.3 is 4.90 Å². The molecule has 1 aromatic rings. The summed E-state index contributed by atoms with van der Waals surface area (Å²) in [6, 6.07) is 1.75. The van der Waals surface area contributed by atoms with E-state index in [0.29, 0.717) is 5.69 Å². The number of nitrogens with zero attached hydrogens (tertiary/aromatic N) is 3. The van der Waals surface area contributed by atoms with E-state index >= 15 is 0 Å². The summed E-state index contributed by atoms with van der Waals surface area (Å²) < 4.78 is 1.61. The summed E-state index contributed by atoms with van der Waals surface area (Å²) >= 11 is 5.99. The van der Waals surface area contributed by atoms with E-state index < -0.39 is 0 Å². The third kappa shape index (κ3) is 2.15. The lowest BCUT2D eigenvalue weighted by molar-refractivity contribution is 0.0715. The quantitative estimate of drug-likeness (QED) is 0.678. The topological polar surface area (TPSA) is 38.1 Å². The number of halogens is 1. The Hall–Kier alpha value is -1.03. The molecule has 5 heteroatoms. The molecule has 82 valence electrons. The Balaban J connectivity index is 2.06. The van der Waals surface area contributed by atoms with Gasteiger partial charge in [-0.1, -0.05) is 0 Å². The standard InChI is InChI=1S/C10H14ClN3O/c1-13-9(2-5-12-13)10(15)14-6-3-8(11)4-7-14/h2,5,8H,3-4,6-7H2,1H3. The van der Waals surface area contributed by atoms with Crippen LogP contribution in [-0.4, -0.2) is 39.1 Å². The van der Waals surface area contributed by atoms with E-state index in [1.54, 1.807) is 24.0 Å². The van der Waals surface area contributed by atoms with Crippen LogP contribution >= 0.6 is 11.6 Å². The number of rotatable bonds is 1. The Bertz CT molecular complexity index is 355. The Morgan fingerprint density at radius 3 is 2.73 bits per heavy atom. The van der Waals surface area contributed by atoms with Crippen LogP contribution in [0.5, 0.6) is 0 Å². The number of carbonyl (C=O) groups excluding carboxylic acids is 1. The van der Waals surface area contributed by atoms with Gasteiger partial charge in [0.1, 0.15) is 5.69 Å². The fourth-order valence-corrected chi connectivity index (χ4v) is 1.99. The van der Waals surface area contributed by atoms with Crippen molar-refractivity contribution in [3.05, 3.63) is 18.0 Å². The number of aromatic nitrogens is 2. The molecule has 0 unspecified atom stereocenters. The summed E-state index contributed by atoms with van der Waals surface area (Å²) in [5.41, 5.74) is 0.642. The molecule has 0 atom stereocenters. The predicted octanol–water partition coefficient (Wildman–Crippen LogP) is 1.26. The number of aryl methyl sites for hydroxylation is 1. The molecule has 2 heterocycles. The van der Waals surface area contributed by atoms with Gasteiger partial charge in [-0.15, -0.1) is 11.6 Å². The molecule has 1 saturated heterocycles. The van der Waals surface area contributed by atoms with Crippen molar-refractivity contribution in [1.82, 2.24) is 14.7 Å². The lowest BCUT2D eigenvalue weighted by Crippen LogP contribution is -2.39. The van der Waals surface area contributed by atoms with Gasteiger partial charge in [0.15, 0.2) is 0 Å². The first-order valence-corrected chi connectivity index (χ1v) is 5.53. The highest BCUT2D eigenvalue weighted by molar-refractivity contribution is 6.20. The summed E-state index contributed by atoms with van der Waals surface area (Å²) in [4.78, 5) is 13.9. The average molecular weight is 228 g/mol. The molecular formula is C10H14ClN3O. The lowest BCUT2D eigenvalue weighted by atomic mass is 10.1. The maximum Gasteiger partial charge on any atom is 0.272 e. The van der Waals surface area contributed by atoms with Crippen LogP contribution in [0.2, 0.25) is 0 Å². The largest absolute Gasteiger partial charge is 0.337 e. The Morgan fingerprint density at radius 2 is 2.20 bits per heavy atom. The summed E-state index contributed by atoms with van der Waals surface area (Å²) in [5, 5.41) is 4.21. The molecule has 0 saturated carbocycles. The van der Waals surface area contributed by atoms with Crippen LogP contribution in [0.1, 0.15) is 23.3 Å². The first-order valence-electron chi connectivity index (χ1n) is 5.10. The van der Waals surface area contributed by atoms with E-state index in [-0.39, 0.29) is 11.3 Å². The number of hydrogen-bond acceptors (Lipinski definition) is 2. The van der Waals surface area contributed by atoms with Gasteiger partial charge in [-0.05, 0) is 18.9 Å². The average Bonchev–Trinajstić information content (AvgIpc) is 2.65. The number of alkyl halides is 1. The Morgan fingerprint density at radius 1 is 1.53 bits per heavy atom. The summed E-state index contributed by atoms with van der Waals surface area (Å²) in [7, 11) is 1.78. The second kappa shape index (κ2) is 4.23. The molecule has 1 aliphatic rings. The smallest absolute Gasteiger partial charge is 0.272 e. The third-order valence-electron chi connectivity index (χ3n) is 2.75. The van der Waals surface area contributed by atoms with Crippen LogP contribution in [0.4, 0.5) is 0 Å². The maximum absolute atomic E-state index is 12.0. The molecule has 0 spiro atoms. The normalized spacial score (nSPS) is 18.1. The summed E-state index contributed by atoms with van der Waals surface area (Å²) in [6.45, 7) is 1.50. The number of amides is 1. The first-order chi connectivity index (χ1) is 7.18. The molecule has 0 N–H and O–H groups in total. The van der Waals surface area contributed by atoms with Gasteiger partial charge in [0.05, 0.1) is 0 Å². The van der Waals surface area contributed by atoms with Gasteiger partial charge >= 0.3 is 0 Å². The van der Waals surface area contributed by atoms with E-state index in [1.165, 1.54) is 0 Å². The van der Waals surface area contributed by atoms with Crippen molar-refractivity contribution in [3.8, 4) is 0 Å². The highest BCUT2D eigenvalue weighted by atomic mass is 35.5. The third-order valence-corrected chi connectivity index (χ3v) is 3.19. The first kappa shape index (κ1) is 10.5. The fraction of sp³-hybridized carbons (Fsp3) is 0.600. The molecule has 0 aromatic carbocycles. The zero-order valence-corrected chi connectivity index (χ0v) is 9.44. The van der Waals surface area contributed by atoms with Crippen molar-refractivity contribution in [2.45, 2.75) is 18.2 Å². The highest BCUT2D eigenvalue weighted by Crippen LogP contribution is 2.17. The molecular weight excluding hydrogens is 214 g/mol. The molecule has 4 nitrogen and oxygen atoms in total. The Kier molecular flexibility index (Phi) is 2.95. The molecule has 0 aliphatic carbocycles. The maximum atomic E-state index is 12.0. The minimum atomic E-state index is 0.0542. The van der Waals surface area contributed by atoms with Gasteiger partial charge in [0.25, 0.3) is 5.91 Å². The van der Waals surface area contributed by atoms with Crippen LogP contribution in [0.25, 0.3) is 0 Å². The second-order valence-electron chi connectivity index (χ2n) is 3.81. The van der Waals surface area contributed by atoms with Crippen molar-refractivity contribution in [1.29, 1.82) is 0 Å². The molecule has 1 fully saturated rings. The molecule has 15 heavy (non-hydrogen) atoms. The Labute approximate surface area is 93.8 Å². The van der Waals surface area contributed by atoms with Gasteiger partial charge in [0.2, 0.25) is 0 Å². The van der Waals surface area contributed by atoms with E-state index in [0.717, 1.165) is 25.9 Å². The van der Waals surface area contributed by atoms with E-state index in [2.05, 4.69) is 5.10 Å². The zero-order valence-electron chi connectivity index (χ0n) is 8.69. The minimum Gasteiger partial charge on any atom is -0.337 e. The second-order valence-corrected chi connectivity index (χ2v) is 4.42. The number of hydrogen-bond donors (Lipinski definition) is 0. The number of carbonyl (C=O) groups is 1. The minimum absolute atomic E-state index is 0.0542. The zero-order chi connectivity index (χ0) is 10.8. The van der Waals surface area contributed by atoms with Crippen molar-refractivity contribution in [3.63, 3.8) is 0 Å². The number of likely N-dealkylation sites (tertiary alicyclic amines) is 1. The van der Waals surface area contributed by atoms with E-state index in [4.69, 9.17) is 11.6 Å². The van der Waals surface area contributed by atoms with E-state index in [9.17, 15) is 4.79 Å².